The lowest BCUT2D eigenvalue weighted by Crippen LogP contribution is -2.41. The zero-order valence-electron chi connectivity index (χ0n) is 11.4. The highest BCUT2D eigenvalue weighted by Crippen LogP contribution is 2.19. The molecule has 1 heterocycles. The number of hydrogen-bond donors (Lipinski definition) is 1. The van der Waals surface area contributed by atoms with Crippen molar-refractivity contribution in [1.29, 1.82) is 0 Å². The Morgan fingerprint density at radius 2 is 2.00 bits per heavy atom. The molecule has 0 bridgehead atoms. The topological polar surface area (TPSA) is 63.4 Å². The van der Waals surface area contributed by atoms with Crippen LogP contribution in [0.25, 0.3) is 6.08 Å². The molecule has 1 aromatic rings. The van der Waals surface area contributed by atoms with Crippen molar-refractivity contribution in [2.24, 2.45) is 11.7 Å². The number of carbonyl (C=O) groups excluding carboxylic acids is 2. The molecular formula is C15H16BrFN2O2. The summed E-state index contributed by atoms with van der Waals surface area (Å²) in [5.74, 6) is -1.03. The van der Waals surface area contributed by atoms with E-state index in [1.54, 1.807) is 17.0 Å². The lowest BCUT2D eigenvalue weighted by molar-refractivity contribution is -0.130. The van der Waals surface area contributed by atoms with Crippen molar-refractivity contribution < 1.29 is 14.0 Å². The van der Waals surface area contributed by atoms with Gasteiger partial charge in [0, 0.05) is 35.1 Å². The third-order valence-corrected chi connectivity index (χ3v) is 4.07. The summed E-state index contributed by atoms with van der Waals surface area (Å²) >= 11 is 3.26. The summed E-state index contributed by atoms with van der Waals surface area (Å²) in [4.78, 5) is 24.7. The van der Waals surface area contributed by atoms with Gasteiger partial charge in [0.2, 0.25) is 11.8 Å². The highest BCUT2D eigenvalue weighted by molar-refractivity contribution is 9.10. The number of carbonyl (C=O) groups is 2. The second kappa shape index (κ2) is 6.85. The Balaban J connectivity index is 1.97. The first-order chi connectivity index (χ1) is 9.97. The van der Waals surface area contributed by atoms with Crippen LogP contribution in [-0.4, -0.2) is 29.8 Å². The summed E-state index contributed by atoms with van der Waals surface area (Å²) in [6.45, 7) is 0.996. The van der Waals surface area contributed by atoms with Crippen molar-refractivity contribution in [2.45, 2.75) is 12.8 Å². The van der Waals surface area contributed by atoms with Gasteiger partial charge in [-0.25, -0.2) is 4.39 Å². The number of rotatable bonds is 3. The molecule has 2 N–H and O–H groups in total. The second-order valence-electron chi connectivity index (χ2n) is 5.00. The Morgan fingerprint density at radius 1 is 1.33 bits per heavy atom. The number of amides is 2. The predicted molar refractivity (Wildman–Crippen MR) is 81.6 cm³/mol. The van der Waals surface area contributed by atoms with E-state index in [1.807, 2.05) is 0 Å². The molecule has 0 aliphatic carbocycles. The standard InChI is InChI=1S/C15H16BrFN2O2/c16-12-2-3-13(17)11(9-12)1-4-14(20)19-7-5-10(6-8-19)15(18)21/h1-4,9-10H,5-8H2,(H2,18,21). The summed E-state index contributed by atoms with van der Waals surface area (Å²) in [5.41, 5.74) is 5.60. The average molecular weight is 355 g/mol. The van der Waals surface area contributed by atoms with Crippen molar-refractivity contribution in [1.82, 2.24) is 4.90 Å². The quantitative estimate of drug-likeness (QED) is 0.846. The average Bonchev–Trinajstić information content (AvgIpc) is 2.48. The Labute approximate surface area is 130 Å². The predicted octanol–water partition coefficient (Wildman–Crippen LogP) is 2.33. The molecule has 2 rings (SSSR count). The third kappa shape index (κ3) is 4.14. The zero-order valence-corrected chi connectivity index (χ0v) is 13.0. The summed E-state index contributed by atoms with van der Waals surface area (Å²) in [6.07, 6.45) is 3.98. The fourth-order valence-electron chi connectivity index (χ4n) is 2.29. The van der Waals surface area contributed by atoms with E-state index in [-0.39, 0.29) is 23.5 Å². The van der Waals surface area contributed by atoms with Crippen LogP contribution < -0.4 is 5.73 Å². The molecule has 1 fully saturated rings. The maximum Gasteiger partial charge on any atom is 0.246 e. The van der Waals surface area contributed by atoms with E-state index < -0.39 is 0 Å². The van der Waals surface area contributed by atoms with Crippen LogP contribution >= 0.6 is 15.9 Å². The van der Waals surface area contributed by atoms with Crippen LogP contribution in [0.5, 0.6) is 0 Å². The molecule has 0 spiro atoms. The van der Waals surface area contributed by atoms with Crippen LogP contribution in [0.1, 0.15) is 18.4 Å². The molecule has 0 atom stereocenters. The molecule has 0 unspecified atom stereocenters. The SMILES string of the molecule is NC(=O)C1CCN(C(=O)C=Cc2cc(Br)ccc2F)CC1. The molecule has 4 nitrogen and oxygen atoms in total. The molecule has 0 saturated carbocycles. The largest absolute Gasteiger partial charge is 0.369 e. The van der Waals surface area contributed by atoms with E-state index >= 15 is 0 Å². The Hall–Kier alpha value is -1.69. The van der Waals surface area contributed by atoms with Crippen LogP contribution in [0, 0.1) is 11.7 Å². The minimum atomic E-state index is -0.380. The first-order valence-corrected chi connectivity index (χ1v) is 7.48. The van der Waals surface area contributed by atoms with Crippen molar-refractivity contribution in [3.63, 3.8) is 0 Å². The summed E-state index contributed by atoms with van der Waals surface area (Å²) in [6, 6.07) is 4.55. The van der Waals surface area contributed by atoms with E-state index in [0.29, 0.717) is 31.5 Å². The number of nitrogens with zero attached hydrogens (tertiary/aromatic N) is 1. The van der Waals surface area contributed by atoms with Gasteiger partial charge in [0.05, 0.1) is 0 Å². The lowest BCUT2D eigenvalue weighted by Gasteiger charge is -2.29. The first kappa shape index (κ1) is 15.7. The molecule has 112 valence electrons. The van der Waals surface area contributed by atoms with Gasteiger partial charge in [-0.2, -0.15) is 0 Å². The van der Waals surface area contributed by atoms with Gasteiger partial charge in [-0.15, -0.1) is 0 Å². The van der Waals surface area contributed by atoms with Gasteiger partial charge in [-0.3, -0.25) is 9.59 Å². The minimum absolute atomic E-state index is 0.152. The molecule has 0 aromatic heterocycles. The number of benzene rings is 1. The third-order valence-electron chi connectivity index (χ3n) is 3.57. The van der Waals surface area contributed by atoms with Crippen LogP contribution in [0.3, 0.4) is 0 Å². The normalized spacial score (nSPS) is 16.4. The van der Waals surface area contributed by atoms with Gasteiger partial charge in [0.15, 0.2) is 0 Å². The fourth-order valence-corrected chi connectivity index (χ4v) is 2.67. The van der Waals surface area contributed by atoms with Crippen molar-refractivity contribution in [3.8, 4) is 0 Å². The number of hydrogen-bond acceptors (Lipinski definition) is 2. The van der Waals surface area contributed by atoms with Crippen molar-refractivity contribution >= 4 is 33.8 Å². The molecule has 21 heavy (non-hydrogen) atoms. The fraction of sp³-hybridized carbons (Fsp3) is 0.333. The van der Waals surface area contributed by atoms with Crippen LogP contribution in [0.15, 0.2) is 28.7 Å². The number of piperidine rings is 1. The van der Waals surface area contributed by atoms with Gasteiger partial charge < -0.3 is 10.6 Å². The molecule has 6 heteroatoms. The minimum Gasteiger partial charge on any atom is -0.369 e. The zero-order chi connectivity index (χ0) is 15.4. The van der Waals surface area contributed by atoms with Gasteiger partial charge in [-0.1, -0.05) is 15.9 Å². The van der Waals surface area contributed by atoms with E-state index in [1.165, 1.54) is 18.2 Å². The van der Waals surface area contributed by atoms with E-state index in [4.69, 9.17) is 5.73 Å². The summed E-state index contributed by atoms with van der Waals surface area (Å²) < 4.78 is 14.3. The monoisotopic (exact) mass is 354 g/mol. The van der Waals surface area contributed by atoms with Crippen LogP contribution in [0.4, 0.5) is 4.39 Å². The molecule has 1 aromatic carbocycles. The lowest BCUT2D eigenvalue weighted by atomic mass is 9.96. The summed E-state index contributed by atoms with van der Waals surface area (Å²) in [7, 11) is 0. The Kier molecular flexibility index (Phi) is 5.12. The molecule has 1 saturated heterocycles. The smallest absolute Gasteiger partial charge is 0.246 e. The van der Waals surface area contributed by atoms with E-state index in [9.17, 15) is 14.0 Å². The van der Waals surface area contributed by atoms with Gasteiger partial charge in [-0.05, 0) is 37.1 Å². The number of nitrogens with two attached hydrogens (primary N) is 1. The molecule has 0 radical (unpaired) electrons. The highest BCUT2D eigenvalue weighted by atomic mass is 79.9. The van der Waals surface area contributed by atoms with E-state index in [2.05, 4.69) is 15.9 Å². The summed E-state index contributed by atoms with van der Waals surface area (Å²) in [5, 5.41) is 0. The molecule has 2 amide bonds. The van der Waals surface area contributed by atoms with E-state index in [0.717, 1.165) is 4.47 Å². The number of halogens is 2. The van der Waals surface area contributed by atoms with Gasteiger partial charge in [0.1, 0.15) is 5.82 Å². The molecular weight excluding hydrogens is 339 g/mol. The second-order valence-corrected chi connectivity index (χ2v) is 5.92. The number of likely N-dealkylation sites (tertiary alicyclic amines) is 1. The maximum atomic E-state index is 13.6. The molecule has 1 aliphatic rings. The first-order valence-electron chi connectivity index (χ1n) is 6.68. The van der Waals surface area contributed by atoms with Crippen LogP contribution in [0.2, 0.25) is 0 Å². The number of primary amides is 1. The van der Waals surface area contributed by atoms with Gasteiger partial charge >= 0.3 is 0 Å². The highest BCUT2D eigenvalue weighted by Gasteiger charge is 2.24. The molecule has 1 aliphatic heterocycles. The Bertz CT molecular complexity index is 581. The van der Waals surface area contributed by atoms with Crippen LogP contribution in [-0.2, 0) is 9.59 Å². The maximum absolute atomic E-state index is 13.6. The van der Waals surface area contributed by atoms with Gasteiger partial charge in [0.25, 0.3) is 0 Å². The Morgan fingerprint density at radius 3 is 2.62 bits per heavy atom. The van der Waals surface area contributed by atoms with Crippen molar-refractivity contribution in [2.75, 3.05) is 13.1 Å². The van der Waals surface area contributed by atoms with Crippen molar-refractivity contribution in [3.05, 3.63) is 40.1 Å².